The van der Waals surface area contributed by atoms with Crippen LogP contribution < -0.4 is 11.1 Å². The number of benzene rings is 1. The summed E-state index contributed by atoms with van der Waals surface area (Å²) in [6, 6.07) is 12.9. The molecule has 2 aromatic heterocycles. The van der Waals surface area contributed by atoms with E-state index in [2.05, 4.69) is 25.3 Å². The Bertz CT molecular complexity index is 1110. The Morgan fingerprint density at radius 3 is 2.57 bits per heavy atom. The van der Waals surface area contributed by atoms with Gasteiger partial charge in [0.2, 0.25) is 0 Å². The van der Waals surface area contributed by atoms with Crippen LogP contribution in [0, 0.1) is 0 Å². The summed E-state index contributed by atoms with van der Waals surface area (Å²) in [5.74, 6) is -0.480. The van der Waals surface area contributed by atoms with E-state index in [4.69, 9.17) is 10.8 Å². The summed E-state index contributed by atoms with van der Waals surface area (Å²) in [7, 11) is 0. The molecule has 1 amide bonds. The number of hydrogen-bond donors (Lipinski definition) is 2. The topological polar surface area (TPSA) is 129 Å². The van der Waals surface area contributed by atoms with E-state index in [1.165, 1.54) is 12.4 Å². The second-order valence-corrected chi connectivity index (χ2v) is 6.93. The van der Waals surface area contributed by atoms with Gasteiger partial charge >= 0.3 is 11.8 Å². The maximum Gasteiger partial charge on any atom is 0.362 e. The van der Waals surface area contributed by atoms with Crippen LogP contribution in [0.1, 0.15) is 40.5 Å². The number of nitrogens with two attached hydrogens (primary N) is 1. The minimum atomic E-state index is -0.612. The monoisotopic (exact) mass is 401 g/mol. The van der Waals surface area contributed by atoms with Gasteiger partial charge in [0.05, 0.1) is 29.8 Å². The van der Waals surface area contributed by atoms with Gasteiger partial charge in [-0.3, -0.25) is 4.79 Å². The zero-order valence-corrected chi connectivity index (χ0v) is 16.1. The highest BCUT2D eigenvalue weighted by Gasteiger charge is 2.27. The lowest BCUT2D eigenvalue weighted by Crippen LogP contribution is -2.10. The van der Waals surface area contributed by atoms with Crippen molar-refractivity contribution in [1.82, 2.24) is 15.0 Å². The Kier molecular flexibility index (Phi) is 5.47. The Hall–Kier alpha value is -4.07. The third-order valence-corrected chi connectivity index (χ3v) is 4.58. The Labute approximate surface area is 173 Å². The Morgan fingerprint density at radius 2 is 1.87 bits per heavy atom. The van der Waals surface area contributed by atoms with Crippen LogP contribution >= 0.6 is 0 Å². The molecule has 0 saturated heterocycles. The number of nitrogens with zero attached hydrogens (tertiary/aromatic N) is 4. The van der Waals surface area contributed by atoms with Crippen molar-refractivity contribution < 1.29 is 9.90 Å². The normalized spacial score (nSPS) is 14.4. The molecular formula is C22H21N6O2+. The number of amides is 1. The average Bonchev–Trinajstić information content (AvgIpc) is 3.60. The number of hydrogen-bond acceptors (Lipinski definition) is 6. The molecule has 30 heavy (non-hydrogen) atoms. The third-order valence-electron chi connectivity index (χ3n) is 4.58. The largest absolute Gasteiger partial charge is 0.579 e. The fraction of sp³-hybridized carbons (Fsp3) is 0.136. The van der Waals surface area contributed by atoms with Crippen molar-refractivity contribution in [3.05, 3.63) is 84.2 Å². The van der Waals surface area contributed by atoms with Gasteiger partial charge in [-0.05, 0) is 30.5 Å². The second-order valence-electron chi connectivity index (χ2n) is 6.93. The van der Waals surface area contributed by atoms with Gasteiger partial charge in [0.25, 0.3) is 0 Å². The van der Waals surface area contributed by atoms with Crippen molar-refractivity contribution >= 4 is 28.9 Å². The number of nitrogens with one attached hydrogen (secondary N) is 1. The molecule has 2 heterocycles. The van der Waals surface area contributed by atoms with Crippen LogP contribution in [0.2, 0.25) is 0 Å². The summed E-state index contributed by atoms with van der Waals surface area (Å²) in [4.78, 5) is 29.2. The molecule has 0 unspecified atom stereocenters. The highest BCUT2D eigenvalue weighted by atomic mass is 16.3. The first-order valence-electron chi connectivity index (χ1n) is 9.50. The second kappa shape index (κ2) is 8.52. The molecule has 8 heteroatoms. The standard InChI is InChI=1S/C22H20N6O2/c23-17(14-4-2-1-3-5-14)10-20(29)28-22(30)21-19(26-16-11-24-13-25-12-16)9-8-18(27-21)15-6-7-15/h1-5,8-13,15,26H,6-7,23H2,(H,28,29,30)/p+1. The van der Waals surface area contributed by atoms with Crippen LogP contribution in [0.5, 0.6) is 0 Å². The van der Waals surface area contributed by atoms with Gasteiger partial charge in [0.1, 0.15) is 6.33 Å². The molecule has 3 aromatic rings. The van der Waals surface area contributed by atoms with Crippen LogP contribution in [0.3, 0.4) is 0 Å². The lowest BCUT2D eigenvalue weighted by atomic mass is 10.1. The van der Waals surface area contributed by atoms with Gasteiger partial charge in [-0.15, -0.1) is 4.99 Å². The zero-order valence-electron chi connectivity index (χ0n) is 16.1. The minimum absolute atomic E-state index is 0.152. The summed E-state index contributed by atoms with van der Waals surface area (Å²) < 4.78 is 0. The molecule has 0 atom stereocenters. The van der Waals surface area contributed by atoms with E-state index < -0.39 is 5.91 Å². The van der Waals surface area contributed by atoms with Crippen LogP contribution in [0.4, 0.5) is 11.4 Å². The van der Waals surface area contributed by atoms with E-state index in [1.807, 2.05) is 36.4 Å². The van der Waals surface area contributed by atoms with Crippen LogP contribution in [0.25, 0.3) is 5.70 Å². The molecule has 150 valence electrons. The molecule has 1 aliphatic rings. The number of aromatic nitrogens is 3. The predicted molar refractivity (Wildman–Crippen MR) is 116 cm³/mol. The molecular weight excluding hydrogens is 380 g/mol. The first kappa shape index (κ1) is 19.3. The van der Waals surface area contributed by atoms with Gasteiger partial charge in [0, 0.05) is 17.3 Å². The van der Waals surface area contributed by atoms with Gasteiger partial charge in [-0.25, -0.2) is 15.0 Å². The SMILES string of the molecule is NC(=CC([OH2+])=NC(=O)c1nc(C2CC2)ccc1Nc1cncnc1)c1ccccc1. The number of rotatable bonds is 6. The van der Waals surface area contributed by atoms with E-state index >= 15 is 0 Å². The van der Waals surface area contributed by atoms with Gasteiger partial charge in [0.15, 0.2) is 5.69 Å². The zero-order chi connectivity index (χ0) is 20.9. The first-order valence-corrected chi connectivity index (χ1v) is 9.50. The van der Waals surface area contributed by atoms with E-state index in [-0.39, 0.29) is 11.6 Å². The lowest BCUT2D eigenvalue weighted by Gasteiger charge is -2.10. The smallest absolute Gasteiger partial charge is 0.362 e. The molecule has 1 fully saturated rings. The molecule has 4 rings (SSSR count). The molecule has 5 N–H and O–H groups in total. The molecule has 1 aromatic carbocycles. The summed E-state index contributed by atoms with van der Waals surface area (Å²) in [5.41, 5.74) is 9.25. The fourth-order valence-electron chi connectivity index (χ4n) is 2.92. The van der Waals surface area contributed by atoms with Gasteiger partial charge in [-0.2, -0.15) is 0 Å². The van der Waals surface area contributed by atoms with E-state index in [0.717, 1.165) is 24.1 Å². The van der Waals surface area contributed by atoms with Crippen molar-refractivity contribution in [3.8, 4) is 0 Å². The number of carbonyl (C=O) groups excluding carboxylic acids is 1. The van der Waals surface area contributed by atoms with E-state index in [1.54, 1.807) is 18.5 Å². The van der Waals surface area contributed by atoms with E-state index in [0.29, 0.717) is 23.0 Å². The van der Waals surface area contributed by atoms with Crippen molar-refractivity contribution in [2.24, 2.45) is 10.7 Å². The van der Waals surface area contributed by atoms with Crippen molar-refractivity contribution in [3.63, 3.8) is 0 Å². The Morgan fingerprint density at radius 1 is 1.13 bits per heavy atom. The van der Waals surface area contributed by atoms with Crippen molar-refractivity contribution in [2.75, 3.05) is 5.32 Å². The molecule has 1 aliphatic carbocycles. The third kappa shape index (κ3) is 4.67. The number of aliphatic imine (C=N–C) groups is 1. The maximum atomic E-state index is 12.9. The van der Waals surface area contributed by atoms with Crippen molar-refractivity contribution in [1.29, 1.82) is 0 Å². The maximum absolute atomic E-state index is 12.9. The molecule has 0 spiro atoms. The van der Waals surface area contributed by atoms with Gasteiger partial charge < -0.3 is 16.2 Å². The quantitative estimate of drug-likeness (QED) is 0.371. The molecule has 0 aliphatic heterocycles. The van der Waals surface area contributed by atoms with E-state index in [9.17, 15) is 4.79 Å². The Balaban J connectivity index is 1.63. The minimum Gasteiger partial charge on any atom is -0.579 e. The summed E-state index contributed by atoms with van der Waals surface area (Å²) in [6.45, 7) is 0. The average molecular weight is 401 g/mol. The number of anilines is 2. The first-order chi connectivity index (χ1) is 14.6. The molecule has 8 nitrogen and oxygen atoms in total. The van der Waals surface area contributed by atoms with Crippen LogP contribution in [-0.4, -0.2) is 31.9 Å². The lowest BCUT2D eigenvalue weighted by molar-refractivity contribution is 0.0997. The highest BCUT2D eigenvalue weighted by molar-refractivity contribution is 6.07. The molecule has 1 saturated carbocycles. The highest BCUT2D eigenvalue weighted by Crippen LogP contribution is 2.39. The fourth-order valence-corrected chi connectivity index (χ4v) is 2.92. The number of carbonyl (C=O) groups is 1. The predicted octanol–water partition coefficient (Wildman–Crippen LogP) is 2.76. The van der Waals surface area contributed by atoms with Crippen LogP contribution in [0.15, 0.2) is 72.3 Å². The summed E-state index contributed by atoms with van der Waals surface area (Å²) in [6.07, 6.45) is 8.09. The summed E-state index contributed by atoms with van der Waals surface area (Å²) in [5, 5.41) is 11.2. The van der Waals surface area contributed by atoms with Crippen LogP contribution in [-0.2, 0) is 0 Å². The molecule has 0 radical (unpaired) electrons. The summed E-state index contributed by atoms with van der Waals surface area (Å²) >= 11 is 0. The van der Waals surface area contributed by atoms with Crippen molar-refractivity contribution in [2.45, 2.75) is 18.8 Å². The number of pyridine rings is 1. The molecule has 0 bridgehead atoms. The van der Waals surface area contributed by atoms with Gasteiger partial charge in [-0.1, -0.05) is 30.3 Å².